The fourth-order valence-electron chi connectivity index (χ4n) is 1.59. The monoisotopic (exact) mass is 290 g/mol. The summed E-state index contributed by atoms with van der Waals surface area (Å²) in [5, 5.41) is 11.7. The van der Waals surface area contributed by atoms with Crippen LogP contribution in [0.5, 0.6) is 5.75 Å². The van der Waals surface area contributed by atoms with E-state index in [4.69, 9.17) is 10.00 Å². The highest BCUT2D eigenvalue weighted by molar-refractivity contribution is 7.09. The Labute approximate surface area is 121 Å². The molecule has 0 unspecified atom stereocenters. The van der Waals surface area contributed by atoms with Gasteiger partial charge < -0.3 is 4.74 Å². The molecule has 0 atom stereocenters. The Morgan fingerprint density at radius 3 is 2.75 bits per heavy atom. The summed E-state index contributed by atoms with van der Waals surface area (Å²) in [6, 6.07) is 6.16. The first kappa shape index (κ1) is 14.5. The van der Waals surface area contributed by atoms with Gasteiger partial charge in [0.2, 0.25) is 0 Å². The van der Waals surface area contributed by atoms with Crippen molar-refractivity contribution in [2.75, 3.05) is 0 Å². The second kappa shape index (κ2) is 5.59. The second-order valence-corrected chi connectivity index (χ2v) is 6.33. The molecule has 0 bridgehead atoms. The summed E-state index contributed by atoms with van der Waals surface area (Å²) < 4.78 is 18.9. The molecule has 0 aliphatic heterocycles. The van der Waals surface area contributed by atoms with Crippen LogP contribution in [0.1, 0.15) is 37.0 Å². The van der Waals surface area contributed by atoms with Gasteiger partial charge in [-0.3, -0.25) is 0 Å². The maximum absolute atomic E-state index is 13.4. The van der Waals surface area contributed by atoms with Gasteiger partial charge in [0.1, 0.15) is 34.8 Å². The summed E-state index contributed by atoms with van der Waals surface area (Å²) in [4.78, 5) is 4.49. The third kappa shape index (κ3) is 3.14. The fraction of sp³-hybridized carbons (Fsp3) is 0.333. The Kier molecular flexibility index (Phi) is 4.05. The average molecular weight is 290 g/mol. The van der Waals surface area contributed by atoms with E-state index in [9.17, 15) is 4.39 Å². The molecule has 0 fully saturated rings. The van der Waals surface area contributed by atoms with Crippen molar-refractivity contribution in [1.82, 2.24) is 4.98 Å². The van der Waals surface area contributed by atoms with E-state index in [-0.39, 0.29) is 23.3 Å². The van der Waals surface area contributed by atoms with Gasteiger partial charge in [-0.25, -0.2) is 9.37 Å². The summed E-state index contributed by atoms with van der Waals surface area (Å²) >= 11 is 1.50. The second-order valence-electron chi connectivity index (χ2n) is 5.39. The van der Waals surface area contributed by atoms with Gasteiger partial charge in [0.05, 0.1) is 5.69 Å². The molecular formula is C15H15FN2OS. The van der Waals surface area contributed by atoms with Crippen molar-refractivity contribution >= 4 is 11.3 Å². The van der Waals surface area contributed by atoms with Gasteiger partial charge in [0, 0.05) is 10.8 Å². The van der Waals surface area contributed by atoms with Crippen LogP contribution >= 0.6 is 11.3 Å². The molecule has 1 aromatic carbocycles. The van der Waals surface area contributed by atoms with E-state index < -0.39 is 5.82 Å². The first-order valence-electron chi connectivity index (χ1n) is 6.18. The zero-order valence-corrected chi connectivity index (χ0v) is 12.4. The molecule has 0 amide bonds. The first-order valence-corrected chi connectivity index (χ1v) is 7.06. The molecule has 0 saturated carbocycles. The molecule has 104 valence electrons. The van der Waals surface area contributed by atoms with Crippen molar-refractivity contribution in [2.24, 2.45) is 0 Å². The predicted molar refractivity (Wildman–Crippen MR) is 76.3 cm³/mol. The zero-order chi connectivity index (χ0) is 14.8. The van der Waals surface area contributed by atoms with E-state index in [1.54, 1.807) is 6.07 Å². The zero-order valence-electron chi connectivity index (χ0n) is 11.6. The van der Waals surface area contributed by atoms with Crippen molar-refractivity contribution in [3.05, 3.63) is 45.7 Å². The maximum atomic E-state index is 13.4. The number of nitrogens with zero attached hydrogens (tertiary/aromatic N) is 2. The molecule has 3 nitrogen and oxygen atoms in total. The van der Waals surface area contributed by atoms with E-state index in [2.05, 4.69) is 25.8 Å². The molecule has 0 saturated heterocycles. The number of halogens is 1. The molecule has 0 aliphatic rings. The summed E-state index contributed by atoms with van der Waals surface area (Å²) in [5.41, 5.74) is 0.923. The van der Waals surface area contributed by atoms with Gasteiger partial charge >= 0.3 is 0 Å². The number of ether oxygens (including phenoxy) is 1. The lowest BCUT2D eigenvalue weighted by Gasteiger charge is -2.14. The van der Waals surface area contributed by atoms with Crippen molar-refractivity contribution in [3.8, 4) is 11.8 Å². The molecular weight excluding hydrogens is 275 g/mol. The molecule has 2 rings (SSSR count). The van der Waals surface area contributed by atoms with Crippen LogP contribution in [0.4, 0.5) is 4.39 Å². The van der Waals surface area contributed by atoms with Gasteiger partial charge in [-0.15, -0.1) is 11.3 Å². The fourth-order valence-corrected chi connectivity index (χ4v) is 2.53. The van der Waals surface area contributed by atoms with Crippen molar-refractivity contribution in [2.45, 2.75) is 32.8 Å². The van der Waals surface area contributed by atoms with E-state index in [0.29, 0.717) is 0 Å². The smallest absolute Gasteiger partial charge is 0.144 e. The normalized spacial score (nSPS) is 11.2. The van der Waals surface area contributed by atoms with Crippen molar-refractivity contribution < 1.29 is 9.13 Å². The molecule has 0 aliphatic carbocycles. The third-order valence-corrected chi connectivity index (χ3v) is 3.58. The van der Waals surface area contributed by atoms with Crippen LogP contribution < -0.4 is 4.74 Å². The van der Waals surface area contributed by atoms with Crippen molar-refractivity contribution in [3.63, 3.8) is 0 Å². The Hall–Kier alpha value is -1.93. The number of hydrogen-bond acceptors (Lipinski definition) is 4. The highest BCUT2D eigenvalue weighted by atomic mass is 32.1. The Morgan fingerprint density at radius 1 is 1.40 bits per heavy atom. The molecule has 0 N–H and O–H groups in total. The van der Waals surface area contributed by atoms with Gasteiger partial charge in [0.25, 0.3) is 0 Å². The van der Waals surface area contributed by atoms with Crippen LogP contribution in [0.3, 0.4) is 0 Å². The topological polar surface area (TPSA) is 45.9 Å². The third-order valence-electron chi connectivity index (χ3n) is 2.76. The summed E-state index contributed by atoms with van der Waals surface area (Å²) in [7, 11) is 0. The van der Waals surface area contributed by atoms with E-state index in [1.807, 2.05) is 11.4 Å². The van der Waals surface area contributed by atoms with Crippen LogP contribution in [0.15, 0.2) is 23.6 Å². The first-order chi connectivity index (χ1) is 9.41. The van der Waals surface area contributed by atoms with E-state index in [1.165, 1.54) is 23.5 Å². The molecule has 1 aromatic heterocycles. The van der Waals surface area contributed by atoms with Gasteiger partial charge in [-0.1, -0.05) is 26.8 Å². The lowest BCUT2D eigenvalue weighted by atomic mass is 9.93. The van der Waals surface area contributed by atoms with Crippen LogP contribution in [0.25, 0.3) is 0 Å². The quantitative estimate of drug-likeness (QED) is 0.857. The molecule has 1 heterocycles. The number of aromatic nitrogens is 1. The molecule has 0 radical (unpaired) electrons. The van der Waals surface area contributed by atoms with Gasteiger partial charge in [0.15, 0.2) is 0 Å². The minimum absolute atomic E-state index is 0.00851. The Balaban J connectivity index is 2.12. The maximum Gasteiger partial charge on any atom is 0.144 e. The number of benzene rings is 1. The van der Waals surface area contributed by atoms with Gasteiger partial charge in [-0.2, -0.15) is 5.26 Å². The van der Waals surface area contributed by atoms with Crippen LogP contribution in [-0.2, 0) is 12.0 Å². The minimum atomic E-state index is -0.570. The lowest BCUT2D eigenvalue weighted by Crippen LogP contribution is -2.11. The number of thiazole rings is 1. The summed E-state index contributed by atoms with van der Waals surface area (Å²) in [6.45, 7) is 6.51. The largest absolute Gasteiger partial charge is 0.485 e. The highest BCUT2D eigenvalue weighted by Crippen LogP contribution is 2.26. The highest BCUT2D eigenvalue weighted by Gasteiger charge is 2.17. The van der Waals surface area contributed by atoms with E-state index in [0.717, 1.165) is 10.7 Å². The molecule has 0 spiro atoms. The van der Waals surface area contributed by atoms with Crippen molar-refractivity contribution in [1.29, 1.82) is 5.26 Å². The standard InChI is InChI=1S/C15H15FN2OS/c1-15(2,3)13-9-20-14(18-13)8-19-12-6-4-5-11(16)10(12)7-17/h4-6,9H,8H2,1-3H3. The predicted octanol–water partition coefficient (Wildman–Crippen LogP) is 4.03. The Bertz CT molecular complexity index is 653. The van der Waals surface area contributed by atoms with Crippen LogP contribution in [0, 0.1) is 17.1 Å². The number of nitriles is 1. The SMILES string of the molecule is CC(C)(C)c1csc(COc2cccc(F)c2C#N)n1. The summed E-state index contributed by atoms with van der Waals surface area (Å²) in [5.74, 6) is -0.320. The molecule has 20 heavy (non-hydrogen) atoms. The number of hydrogen-bond donors (Lipinski definition) is 0. The van der Waals surface area contributed by atoms with Crippen LogP contribution in [-0.4, -0.2) is 4.98 Å². The Morgan fingerprint density at radius 2 is 2.15 bits per heavy atom. The molecule has 2 aromatic rings. The lowest BCUT2D eigenvalue weighted by molar-refractivity contribution is 0.302. The molecule has 5 heteroatoms. The van der Waals surface area contributed by atoms with E-state index >= 15 is 0 Å². The van der Waals surface area contributed by atoms with Crippen LogP contribution in [0.2, 0.25) is 0 Å². The average Bonchev–Trinajstić information content (AvgIpc) is 2.85. The van der Waals surface area contributed by atoms with Gasteiger partial charge in [-0.05, 0) is 12.1 Å². The minimum Gasteiger partial charge on any atom is -0.485 e. The number of rotatable bonds is 3. The summed E-state index contributed by atoms with van der Waals surface area (Å²) in [6.07, 6.45) is 0.